The summed E-state index contributed by atoms with van der Waals surface area (Å²) in [5.74, 6) is -0.00132. The predicted octanol–water partition coefficient (Wildman–Crippen LogP) is 3.00. The van der Waals surface area contributed by atoms with Crippen molar-refractivity contribution in [2.24, 2.45) is 0 Å². The van der Waals surface area contributed by atoms with Crippen LogP contribution in [0.2, 0.25) is 0 Å². The van der Waals surface area contributed by atoms with Crippen molar-refractivity contribution in [3.05, 3.63) is 48.0 Å². The Morgan fingerprint density at radius 2 is 1.90 bits per heavy atom. The van der Waals surface area contributed by atoms with Crippen LogP contribution in [0.15, 0.2) is 46.9 Å². The highest BCUT2D eigenvalue weighted by Gasteiger charge is 2.26. The Labute approximate surface area is 120 Å². The Morgan fingerprint density at radius 1 is 1.10 bits per heavy atom. The van der Waals surface area contributed by atoms with E-state index < -0.39 is 0 Å². The first-order valence-electron chi connectivity index (χ1n) is 6.95. The van der Waals surface area contributed by atoms with Crippen molar-refractivity contribution in [2.45, 2.75) is 6.42 Å². The van der Waals surface area contributed by atoms with Gasteiger partial charge in [0, 0.05) is 29.3 Å². The molecular weight excluding hydrogens is 266 g/mol. The van der Waals surface area contributed by atoms with E-state index in [9.17, 15) is 9.59 Å². The third kappa shape index (κ3) is 1.91. The van der Waals surface area contributed by atoms with E-state index in [2.05, 4.69) is 0 Å². The van der Waals surface area contributed by atoms with Crippen LogP contribution in [0.3, 0.4) is 0 Å². The van der Waals surface area contributed by atoms with Gasteiger partial charge in [-0.25, -0.2) is 0 Å². The molecule has 0 atom stereocenters. The third-order valence-electron chi connectivity index (χ3n) is 3.98. The fourth-order valence-corrected chi connectivity index (χ4v) is 2.69. The summed E-state index contributed by atoms with van der Waals surface area (Å²) in [6, 6.07) is 13.3. The van der Waals surface area contributed by atoms with E-state index in [1.165, 1.54) is 0 Å². The molecule has 1 aromatic heterocycles. The predicted molar refractivity (Wildman–Crippen MR) is 79.2 cm³/mol. The normalized spacial score (nSPS) is 14.7. The fraction of sp³-hybridized carbons (Fsp3) is 0.176. The maximum absolute atomic E-state index is 12.2. The molecule has 0 radical (unpaired) electrons. The smallest absolute Gasteiger partial charge is 0.224 e. The second-order valence-electron chi connectivity index (χ2n) is 5.30. The van der Waals surface area contributed by atoms with Gasteiger partial charge in [-0.05, 0) is 18.2 Å². The lowest BCUT2D eigenvalue weighted by Gasteiger charge is -2.29. The highest BCUT2D eigenvalue weighted by molar-refractivity contribution is 6.08. The standard InChI is InChI=1S/C17H13NO3/c19-14(10-18-8-7-17(18)20)11-5-6-13-12-3-1-2-4-15(12)21-16(13)9-11/h1-6,9H,7-8,10H2. The van der Waals surface area contributed by atoms with Crippen LogP contribution in [-0.4, -0.2) is 29.7 Å². The SMILES string of the molecule is O=C(CN1CCC1=O)c1ccc2c(c1)oc1ccccc12. The van der Waals surface area contributed by atoms with Crippen molar-refractivity contribution in [1.82, 2.24) is 4.90 Å². The molecule has 0 saturated carbocycles. The van der Waals surface area contributed by atoms with Gasteiger partial charge in [0.25, 0.3) is 0 Å². The van der Waals surface area contributed by atoms with Crippen molar-refractivity contribution < 1.29 is 14.0 Å². The average molecular weight is 279 g/mol. The van der Waals surface area contributed by atoms with Crippen LogP contribution in [0.25, 0.3) is 21.9 Å². The van der Waals surface area contributed by atoms with Gasteiger partial charge in [-0.3, -0.25) is 9.59 Å². The first-order valence-corrected chi connectivity index (χ1v) is 6.95. The molecule has 1 amide bonds. The fourth-order valence-electron chi connectivity index (χ4n) is 2.69. The van der Waals surface area contributed by atoms with Crippen LogP contribution in [0.5, 0.6) is 0 Å². The number of Topliss-reactive ketones (excluding diaryl/α,β-unsaturated/α-hetero) is 1. The van der Waals surface area contributed by atoms with E-state index in [4.69, 9.17) is 4.42 Å². The number of hydrogen-bond donors (Lipinski definition) is 0. The van der Waals surface area contributed by atoms with Crippen LogP contribution in [0.1, 0.15) is 16.8 Å². The molecule has 2 aromatic carbocycles. The minimum atomic E-state index is -0.0505. The van der Waals surface area contributed by atoms with Crippen molar-refractivity contribution in [1.29, 1.82) is 0 Å². The van der Waals surface area contributed by atoms with Crippen molar-refractivity contribution in [3.63, 3.8) is 0 Å². The maximum Gasteiger partial charge on any atom is 0.224 e. The molecule has 0 unspecified atom stereocenters. The molecule has 4 nitrogen and oxygen atoms in total. The molecule has 0 spiro atoms. The van der Waals surface area contributed by atoms with Gasteiger partial charge in [0.05, 0.1) is 6.54 Å². The van der Waals surface area contributed by atoms with Crippen LogP contribution < -0.4 is 0 Å². The van der Waals surface area contributed by atoms with E-state index in [-0.39, 0.29) is 18.2 Å². The van der Waals surface area contributed by atoms with Crippen molar-refractivity contribution in [3.8, 4) is 0 Å². The number of rotatable bonds is 3. The summed E-state index contributed by atoms with van der Waals surface area (Å²) in [5, 5.41) is 2.05. The summed E-state index contributed by atoms with van der Waals surface area (Å²) < 4.78 is 5.78. The van der Waals surface area contributed by atoms with E-state index in [1.807, 2.05) is 30.3 Å². The number of β-lactam (4-membered cyclic amide) rings is 1. The number of hydrogen-bond acceptors (Lipinski definition) is 3. The lowest BCUT2D eigenvalue weighted by atomic mass is 10.1. The van der Waals surface area contributed by atoms with Crippen LogP contribution >= 0.6 is 0 Å². The van der Waals surface area contributed by atoms with Gasteiger partial charge in [-0.2, -0.15) is 0 Å². The second kappa shape index (κ2) is 4.45. The first kappa shape index (κ1) is 12.1. The number of furan rings is 1. The van der Waals surface area contributed by atoms with Crippen LogP contribution in [-0.2, 0) is 4.79 Å². The molecule has 1 saturated heterocycles. The summed E-state index contributed by atoms with van der Waals surface area (Å²) >= 11 is 0. The number of carbonyl (C=O) groups is 2. The molecule has 104 valence electrons. The molecule has 0 N–H and O–H groups in total. The van der Waals surface area contributed by atoms with Gasteiger partial charge in [0.2, 0.25) is 5.91 Å². The Hall–Kier alpha value is -2.62. The largest absolute Gasteiger partial charge is 0.456 e. The number of ketones is 1. The zero-order chi connectivity index (χ0) is 14.4. The van der Waals surface area contributed by atoms with Gasteiger partial charge in [-0.1, -0.05) is 24.3 Å². The number of likely N-dealkylation sites (tertiary alicyclic amines) is 1. The number of carbonyl (C=O) groups excluding carboxylic acids is 2. The van der Waals surface area contributed by atoms with Gasteiger partial charge < -0.3 is 9.32 Å². The summed E-state index contributed by atoms with van der Waals surface area (Å²) in [4.78, 5) is 25.1. The monoisotopic (exact) mass is 279 g/mol. The van der Waals surface area contributed by atoms with Gasteiger partial charge in [-0.15, -0.1) is 0 Å². The van der Waals surface area contributed by atoms with E-state index >= 15 is 0 Å². The van der Waals surface area contributed by atoms with Crippen molar-refractivity contribution >= 4 is 33.6 Å². The number of para-hydroxylation sites is 1. The molecule has 2 heterocycles. The zero-order valence-corrected chi connectivity index (χ0v) is 11.3. The van der Waals surface area contributed by atoms with Gasteiger partial charge in [0.15, 0.2) is 5.78 Å². The molecule has 1 aliphatic rings. The molecule has 1 aliphatic heterocycles. The summed E-state index contributed by atoms with van der Waals surface area (Å²) in [5.41, 5.74) is 2.10. The van der Waals surface area contributed by atoms with Crippen LogP contribution in [0.4, 0.5) is 0 Å². The van der Waals surface area contributed by atoms with E-state index in [1.54, 1.807) is 17.0 Å². The average Bonchev–Trinajstić information content (AvgIpc) is 2.88. The molecular formula is C17H13NO3. The highest BCUT2D eigenvalue weighted by Crippen LogP contribution is 2.29. The van der Waals surface area contributed by atoms with Gasteiger partial charge in [0.1, 0.15) is 11.2 Å². The molecule has 1 fully saturated rings. The lowest BCUT2D eigenvalue weighted by Crippen LogP contribution is -2.46. The first-order chi connectivity index (χ1) is 10.2. The Morgan fingerprint density at radius 3 is 2.67 bits per heavy atom. The minimum Gasteiger partial charge on any atom is -0.456 e. The number of nitrogens with zero attached hydrogens (tertiary/aromatic N) is 1. The molecule has 21 heavy (non-hydrogen) atoms. The topological polar surface area (TPSA) is 50.5 Å². The maximum atomic E-state index is 12.2. The molecule has 4 rings (SSSR count). The molecule has 4 heteroatoms. The Bertz CT molecular complexity index is 878. The van der Waals surface area contributed by atoms with E-state index in [0.29, 0.717) is 24.1 Å². The lowest BCUT2D eigenvalue weighted by molar-refractivity contribution is -0.138. The molecule has 3 aromatic rings. The van der Waals surface area contributed by atoms with E-state index in [0.717, 1.165) is 16.4 Å². The third-order valence-corrected chi connectivity index (χ3v) is 3.98. The van der Waals surface area contributed by atoms with Gasteiger partial charge >= 0.3 is 0 Å². The number of benzene rings is 2. The highest BCUT2D eigenvalue weighted by atomic mass is 16.3. The Kier molecular flexibility index (Phi) is 2.57. The quantitative estimate of drug-likeness (QED) is 0.547. The van der Waals surface area contributed by atoms with Crippen molar-refractivity contribution in [2.75, 3.05) is 13.1 Å². The Balaban J connectivity index is 1.71. The molecule has 0 bridgehead atoms. The summed E-state index contributed by atoms with van der Waals surface area (Å²) in [7, 11) is 0. The number of amides is 1. The van der Waals surface area contributed by atoms with Crippen LogP contribution in [0, 0.1) is 0 Å². The zero-order valence-electron chi connectivity index (χ0n) is 11.3. The number of fused-ring (bicyclic) bond motifs is 3. The summed E-state index contributed by atoms with van der Waals surface area (Å²) in [6.07, 6.45) is 0.551. The minimum absolute atomic E-state index is 0.0492. The summed E-state index contributed by atoms with van der Waals surface area (Å²) in [6.45, 7) is 0.835. The second-order valence-corrected chi connectivity index (χ2v) is 5.30. The molecule has 0 aliphatic carbocycles.